The monoisotopic (exact) mass is 1120 g/mol. The van der Waals surface area contributed by atoms with Crippen molar-refractivity contribution in [2.24, 2.45) is 44.8 Å². The van der Waals surface area contributed by atoms with E-state index in [4.69, 9.17) is 42.6 Å². The van der Waals surface area contributed by atoms with Crippen molar-refractivity contribution in [2.45, 2.75) is 242 Å². The molecule has 9 rings (SSSR count). The molecule has 4 saturated heterocycles. The molecule has 0 bridgehead atoms. The lowest BCUT2D eigenvalue weighted by atomic mass is 9.34. The molecule has 5 aliphatic carbocycles. The molecule has 1 unspecified atom stereocenters. The molecule has 27 atom stereocenters. The molecule has 0 aromatic carbocycles. The number of aliphatic carboxylic acids is 1. The van der Waals surface area contributed by atoms with Crippen LogP contribution >= 0.6 is 0 Å². The first-order valence-electron chi connectivity index (χ1n) is 27.6. The van der Waals surface area contributed by atoms with Crippen LogP contribution in [0.15, 0.2) is 11.6 Å². The number of hydrogen-bond donors (Lipinski definition) is 12. The van der Waals surface area contributed by atoms with E-state index in [-0.39, 0.29) is 46.2 Å². The van der Waals surface area contributed by atoms with E-state index in [2.05, 4.69) is 40.7 Å². The SMILES string of the molecule is CC(=O)O[C@H]1[C@@H](O)[C@H](O)[C@@H](O[C@H]2[C@H](O[C@H]3CC[C@@]4(C)C(CC[C@]5(C)[C@@H]4CC=C4[C@@H]6CC(C)(C)CC[C@]6(O)C(=O)C[C@]45C)C3(C)C)O[C@H](C(=O)O)[C@@H](O)[C@@H]2O[C@@H]2O[C@H](CO)[C@H](O)[C@H](O)[C@H]2O[C@@H]2OC[C@@H](O)[C@H](O)[C@H]2O)O[C@H]1CO. The van der Waals surface area contributed by atoms with Gasteiger partial charge in [-0.15, -0.1) is 0 Å². The first-order chi connectivity index (χ1) is 36.4. The van der Waals surface area contributed by atoms with Gasteiger partial charge in [0.05, 0.1) is 25.9 Å². The van der Waals surface area contributed by atoms with Gasteiger partial charge in [-0.2, -0.15) is 0 Å². The molecule has 24 heteroatoms. The van der Waals surface area contributed by atoms with Crippen molar-refractivity contribution in [1.82, 2.24) is 0 Å². The predicted molar refractivity (Wildman–Crippen MR) is 263 cm³/mol. The van der Waals surface area contributed by atoms with Gasteiger partial charge >= 0.3 is 11.9 Å². The van der Waals surface area contributed by atoms with E-state index < -0.39 is 171 Å². The Hall–Kier alpha value is -2.41. The number of carbonyl (C=O) groups excluding carboxylic acids is 2. The summed E-state index contributed by atoms with van der Waals surface area (Å²) in [5.41, 5.74) is -2.23. The fraction of sp³-hybridized carbons (Fsp3) is 0.907. The lowest BCUT2D eigenvalue weighted by Gasteiger charge is -2.71. The molecule has 9 aliphatic rings. The van der Waals surface area contributed by atoms with E-state index >= 15 is 0 Å². The third-order valence-electron chi connectivity index (χ3n) is 20.7. The number of allylic oxidation sites excluding steroid dienone is 1. The van der Waals surface area contributed by atoms with Crippen molar-refractivity contribution in [3.8, 4) is 0 Å². The second-order valence-electron chi connectivity index (χ2n) is 26.0. The zero-order valence-electron chi connectivity index (χ0n) is 45.6. The summed E-state index contributed by atoms with van der Waals surface area (Å²) in [4.78, 5) is 39.5. The summed E-state index contributed by atoms with van der Waals surface area (Å²) in [5, 5.41) is 132. The molecule has 4 aliphatic heterocycles. The number of ether oxygens (including phenoxy) is 9. The minimum Gasteiger partial charge on any atom is -0.479 e. The standard InChI is InChI=1S/C54H84O24/c1-22(57)71-39-27(20-56)73-46(37(65)35(39)63)78-43-40(75-47-42(34(62)33(61)26(19-55)72-47)77-45-36(64)32(60)25(58)21-70-45)38(66)41(44(67)68)76-48(43)74-31-12-13-51(6)28(50(31,4)5)11-14-52(7)29(51)10-9-23-24-17-49(2,3)15-16-54(24,69)30(59)18-53(23,52)8/h9,24-29,31-43,45-48,55-56,58,60-66,69H,10-21H2,1-8H3,(H,67,68)/t24-,25+,26+,27-,28?,29+,31-,32-,33-,34-,35-,36+,37-,38-,39+,40-,41-,42+,43+,45-,46+,47-,48+,51-,52+,53+,54+/m0/s1. The van der Waals surface area contributed by atoms with E-state index in [1.54, 1.807) is 0 Å². The van der Waals surface area contributed by atoms with Gasteiger partial charge in [0.2, 0.25) is 0 Å². The Balaban J connectivity index is 1.05. The van der Waals surface area contributed by atoms with Gasteiger partial charge in [-0.05, 0) is 84.9 Å². The second-order valence-corrected chi connectivity index (χ2v) is 26.0. The smallest absolute Gasteiger partial charge is 0.335 e. The van der Waals surface area contributed by atoms with Crippen LogP contribution in [-0.4, -0.2) is 227 Å². The fourth-order valence-corrected chi connectivity index (χ4v) is 16.1. The number of Topliss-reactive ketones (excluding diaryl/α,β-unsaturated/α-hetero) is 1. The number of fused-ring (bicyclic) bond motifs is 7. The summed E-state index contributed by atoms with van der Waals surface area (Å²) in [7, 11) is 0. The summed E-state index contributed by atoms with van der Waals surface area (Å²) in [6.07, 6.45) is -29.4. The van der Waals surface area contributed by atoms with Crippen LogP contribution in [0.4, 0.5) is 0 Å². The topological polar surface area (TPSA) is 377 Å². The zero-order valence-corrected chi connectivity index (χ0v) is 45.6. The highest BCUT2D eigenvalue weighted by atomic mass is 16.8. The number of carbonyl (C=O) groups is 3. The summed E-state index contributed by atoms with van der Waals surface area (Å²) < 4.78 is 54.1. The van der Waals surface area contributed by atoms with Crippen molar-refractivity contribution in [1.29, 1.82) is 0 Å². The number of carboxylic acids is 1. The fourth-order valence-electron chi connectivity index (χ4n) is 16.1. The highest BCUT2D eigenvalue weighted by molar-refractivity contribution is 5.91. The molecule has 0 aromatic rings. The molecule has 0 amide bonds. The van der Waals surface area contributed by atoms with Crippen LogP contribution in [0, 0.1) is 44.8 Å². The Bertz CT molecular complexity index is 2240. The molecule has 8 fully saturated rings. The average Bonchev–Trinajstić information content (AvgIpc) is 3.35. The van der Waals surface area contributed by atoms with Crippen molar-refractivity contribution in [3.63, 3.8) is 0 Å². The third-order valence-corrected chi connectivity index (χ3v) is 20.7. The van der Waals surface area contributed by atoms with Gasteiger partial charge in [-0.1, -0.05) is 60.1 Å². The zero-order chi connectivity index (χ0) is 57.1. The molecule has 4 heterocycles. The van der Waals surface area contributed by atoms with Gasteiger partial charge in [-0.3, -0.25) is 9.59 Å². The summed E-state index contributed by atoms with van der Waals surface area (Å²) in [6, 6.07) is 0. The number of hydrogen-bond acceptors (Lipinski definition) is 23. The lowest BCUT2D eigenvalue weighted by molar-refractivity contribution is -0.405. The maximum atomic E-state index is 14.3. The molecule has 12 N–H and O–H groups in total. The van der Waals surface area contributed by atoms with E-state index in [1.807, 2.05) is 13.8 Å². The molecule has 78 heavy (non-hydrogen) atoms. The molecule has 24 nitrogen and oxygen atoms in total. The van der Waals surface area contributed by atoms with Gasteiger partial charge < -0.3 is 104 Å². The Labute approximate surface area is 452 Å². The van der Waals surface area contributed by atoms with Crippen LogP contribution in [0.1, 0.15) is 113 Å². The van der Waals surface area contributed by atoms with Gasteiger partial charge in [0, 0.05) is 24.7 Å². The van der Waals surface area contributed by atoms with E-state index in [1.165, 1.54) is 5.57 Å². The number of esters is 1. The molecule has 0 spiro atoms. The lowest BCUT2D eigenvalue weighted by Crippen LogP contribution is -2.69. The van der Waals surface area contributed by atoms with Crippen molar-refractivity contribution in [2.75, 3.05) is 19.8 Å². The molecular weight excluding hydrogens is 1030 g/mol. The van der Waals surface area contributed by atoms with Gasteiger partial charge in [-0.25, -0.2) is 4.79 Å². The van der Waals surface area contributed by atoms with Crippen LogP contribution in [0.3, 0.4) is 0 Å². The normalized spacial score (nSPS) is 51.9. The van der Waals surface area contributed by atoms with E-state index in [9.17, 15) is 75.7 Å². The third kappa shape index (κ3) is 9.93. The second kappa shape index (κ2) is 21.7. The van der Waals surface area contributed by atoms with Crippen molar-refractivity contribution >= 4 is 17.7 Å². The quantitative estimate of drug-likeness (QED) is 0.0612. The average molecular weight is 1120 g/mol. The minimum atomic E-state index is -2.26. The predicted octanol–water partition coefficient (Wildman–Crippen LogP) is -1.33. The van der Waals surface area contributed by atoms with Gasteiger partial charge in [0.15, 0.2) is 43.2 Å². The Morgan fingerprint density at radius 3 is 1.92 bits per heavy atom. The minimum absolute atomic E-state index is 0.0528. The highest BCUT2D eigenvalue weighted by Crippen LogP contribution is 2.74. The summed E-state index contributed by atoms with van der Waals surface area (Å²) in [6.45, 7) is 14.0. The Morgan fingerprint density at radius 1 is 0.654 bits per heavy atom. The van der Waals surface area contributed by atoms with Gasteiger partial charge in [0.25, 0.3) is 0 Å². The molecule has 0 radical (unpaired) electrons. The molecule has 4 saturated carbocycles. The first kappa shape index (κ1) is 60.2. The summed E-state index contributed by atoms with van der Waals surface area (Å²) >= 11 is 0. The molecule has 0 aromatic heterocycles. The molecular formula is C54H84O24. The molecule has 444 valence electrons. The van der Waals surface area contributed by atoms with Crippen LogP contribution in [0.2, 0.25) is 0 Å². The number of aliphatic hydroxyl groups is 11. The highest BCUT2D eigenvalue weighted by Gasteiger charge is 2.71. The van der Waals surface area contributed by atoms with Gasteiger partial charge in [0.1, 0.15) is 85.0 Å². The number of rotatable bonds is 12. The maximum absolute atomic E-state index is 14.3. The van der Waals surface area contributed by atoms with E-state index in [0.717, 1.165) is 26.2 Å². The number of aliphatic hydroxyl groups excluding tert-OH is 10. The number of ketones is 1. The number of carboxylic acid groups (broad SMARTS) is 1. The largest absolute Gasteiger partial charge is 0.479 e. The first-order valence-corrected chi connectivity index (χ1v) is 27.6. The van der Waals surface area contributed by atoms with Crippen molar-refractivity contribution < 1.29 is 118 Å². The van der Waals surface area contributed by atoms with Crippen LogP contribution in [-0.2, 0) is 57.0 Å². The maximum Gasteiger partial charge on any atom is 0.335 e. The summed E-state index contributed by atoms with van der Waals surface area (Å²) in [5.74, 6) is -2.94. The van der Waals surface area contributed by atoms with Crippen LogP contribution in [0.5, 0.6) is 0 Å². The van der Waals surface area contributed by atoms with Crippen LogP contribution < -0.4 is 0 Å². The Morgan fingerprint density at radius 2 is 1.27 bits per heavy atom. The Kier molecular flexibility index (Phi) is 16.7. The van der Waals surface area contributed by atoms with E-state index in [0.29, 0.717) is 32.1 Å². The van der Waals surface area contributed by atoms with Crippen molar-refractivity contribution in [3.05, 3.63) is 11.6 Å². The van der Waals surface area contributed by atoms with Crippen LogP contribution in [0.25, 0.3) is 0 Å².